The zero-order valence-electron chi connectivity index (χ0n) is 6.75. The molecule has 0 amide bonds. The fraction of sp³-hybridized carbons (Fsp3) is 0.778. The SMILES string of the molecule is NC(CC1CC1)C1=CCCO1. The molecule has 2 aliphatic rings. The molecule has 2 rings (SSSR count). The lowest BCUT2D eigenvalue weighted by atomic mass is 10.1. The van der Waals surface area contributed by atoms with Crippen molar-refractivity contribution in [3.05, 3.63) is 11.8 Å². The van der Waals surface area contributed by atoms with E-state index in [2.05, 4.69) is 6.08 Å². The Morgan fingerprint density at radius 2 is 2.45 bits per heavy atom. The van der Waals surface area contributed by atoms with Gasteiger partial charge >= 0.3 is 0 Å². The van der Waals surface area contributed by atoms with Crippen molar-refractivity contribution >= 4 is 0 Å². The average Bonchev–Trinajstić information content (AvgIpc) is 2.67. The fourth-order valence-electron chi connectivity index (χ4n) is 1.52. The van der Waals surface area contributed by atoms with Crippen LogP contribution in [0.3, 0.4) is 0 Å². The Balaban J connectivity index is 1.82. The van der Waals surface area contributed by atoms with Crippen molar-refractivity contribution in [1.29, 1.82) is 0 Å². The molecule has 0 saturated heterocycles. The molecule has 1 aliphatic heterocycles. The summed E-state index contributed by atoms with van der Waals surface area (Å²) in [6.07, 6.45) is 7.06. The second-order valence-corrected chi connectivity index (χ2v) is 3.53. The van der Waals surface area contributed by atoms with Crippen LogP contribution in [0.2, 0.25) is 0 Å². The summed E-state index contributed by atoms with van der Waals surface area (Å²) >= 11 is 0. The highest BCUT2D eigenvalue weighted by atomic mass is 16.5. The maximum Gasteiger partial charge on any atom is 0.109 e. The van der Waals surface area contributed by atoms with Gasteiger partial charge < -0.3 is 10.5 Å². The van der Waals surface area contributed by atoms with Gasteiger partial charge in [-0.15, -0.1) is 0 Å². The Labute approximate surface area is 67.4 Å². The number of ether oxygens (including phenoxy) is 1. The molecule has 0 aromatic carbocycles. The molecule has 11 heavy (non-hydrogen) atoms. The summed E-state index contributed by atoms with van der Waals surface area (Å²) < 4.78 is 5.38. The zero-order chi connectivity index (χ0) is 7.68. The Hall–Kier alpha value is -0.500. The first-order valence-electron chi connectivity index (χ1n) is 4.44. The van der Waals surface area contributed by atoms with Gasteiger partial charge in [0, 0.05) is 6.42 Å². The number of hydrogen-bond acceptors (Lipinski definition) is 2. The molecule has 1 fully saturated rings. The molecule has 1 saturated carbocycles. The van der Waals surface area contributed by atoms with Crippen molar-refractivity contribution in [2.45, 2.75) is 31.7 Å². The molecule has 2 heteroatoms. The van der Waals surface area contributed by atoms with Crippen molar-refractivity contribution in [2.75, 3.05) is 6.61 Å². The quantitative estimate of drug-likeness (QED) is 0.665. The normalized spacial score (nSPS) is 26.1. The summed E-state index contributed by atoms with van der Waals surface area (Å²) in [5.74, 6) is 1.94. The summed E-state index contributed by atoms with van der Waals surface area (Å²) in [6.45, 7) is 0.841. The van der Waals surface area contributed by atoms with Crippen LogP contribution in [0, 0.1) is 5.92 Å². The maximum atomic E-state index is 5.93. The van der Waals surface area contributed by atoms with Crippen LogP contribution in [0.1, 0.15) is 25.7 Å². The van der Waals surface area contributed by atoms with Gasteiger partial charge in [-0.05, 0) is 18.4 Å². The molecule has 0 radical (unpaired) electrons. The van der Waals surface area contributed by atoms with Crippen LogP contribution >= 0.6 is 0 Å². The lowest BCUT2D eigenvalue weighted by Crippen LogP contribution is -2.23. The third kappa shape index (κ3) is 1.74. The van der Waals surface area contributed by atoms with Gasteiger partial charge in [0.15, 0.2) is 0 Å². The second kappa shape index (κ2) is 2.86. The molecule has 1 unspecified atom stereocenters. The lowest BCUT2D eigenvalue weighted by molar-refractivity contribution is 0.220. The van der Waals surface area contributed by atoms with Gasteiger partial charge in [0.05, 0.1) is 12.6 Å². The largest absolute Gasteiger partial charge is 0.496 e. The van der Waals surface area contributed by atoms with E-state index < -0.39 is 0 Å². The van der Waals surface area contributed by atoms with Crippen LogP contribution in [0.5, 0.6) is 0 Å². The Morgan fingerprint density at radius 3 is 3.00 bits per heavy atom. The monoisotopic (exact) mass is 153 g/mol. The lowest BCUT2D eigenvalue weighted by Gasteiger charge is -2.11. The molecule has 2 N–H and O–H groups in total. The minimum atomic E-state index is 0.185. The van der Waals surface area contributed by atoms with Crippen LogP contribution in [0.4, 0.5) is 0 Å². The highest BCUT2D eigenvalue weighted by Gasteiger charge is 2.26. The second-order valence-electron chi connectivity index (χ2n) is 3.53. The highest BCUT2D eigenvalue weighted by Crippen LogP contribution is 2.34. The summed E-state index contributed by atoms with van der Waals surface area (Å²) in [7, 11) is 0. The van der Waals surface area contributed by atoms with Crippen LogP contribution in [0.15, 0.2) is 11.8 Å². The van der Waals surface area contributed by atoms with Crippen LogP contribution in [-0.4, -0.2) is 12.6 Å². The standard InChI is InChI=1S/C9H15NO/c10-8(6-7-3-4-7)9-2-1-5-11-9/h2,7-8H,1,3-6,10H2. The first-order chi connectivity index (χ1) is 5.36. The summed E-state index contributed by atoms with van der Waals surface area (Å²) in [5, 5.41) is 0. The first-order valence-corrected chi connectivity index (χ1v) is 4.44. The van der Waals surface area contributed by atoms with Crippen molar-refractivity contribution < 1.29 is 4.74 Å². The van der Waals surface area contributed by atoms with E-state index in [1.54, 1.807) is 0 Å². The minimum absolute atomic E-state index is 0.185. The number of nitrogens with two attached hydrogens (primary N) is 1. The Morgan fingerprint density at radius 1 is 1.64 bits per heavy atom. The van der Waals surface area contributed by atoms with E-state index in [0.29, 0.717) is 0 Å². The van der Waals surface area contributed by atoms with E-state index in [9.17, 15) is 0 Å². The molecular formula is C9H15NO. The molecule has 0 bridgehead atoms. The average molecular weight is 153 g/mol. The van der Waals surface area contributed by atoms with Crippen molar-refractivity contribution in [3.63, 3.8) is 0 Å². The van der Waals surface area contributed by atoms with Crippen LogP contribution < -0.4 is 5.73 Å². The number of hydrogen-bond donors (Lipinski definition) is 1. The van der Waals surface area contributed by atoms with Gasteiger partial charge in [-0.3, -0.25) is 0 Å². The topological polar surface area (TPSA) is 35.2 Å². The molecule has 1 heterocycles. The smallest absolute Gasteiger partial charge is 0.109 e. The predicted molar refractivity (Wildman–Crippen MR) is 44.0 cm³/mol. The molecule has 0 aromatic rings. The summed E-state index contributed by atoms with van der Waals surface area (Å²) in [5.41, 5.74) is 5.93. The van der Waals surface area contributed by atoms with Gasteiger partial charge in [0.2, 0.25) is 0 Å². The minimum Gasteiger partial charge on any atom is -0.496 e. The maximum absolute atomic E-state index is 5.93. The van der Waals surface area contributed by atoms with Crippen LogP contribution in [-0.2, 0) is 4.74 Å². The van der Waals surface area contributed by atoms with Gasteiger partial charge in [-0.2, -0.15) is 0 Å². The fourth-order valence-corrected chi connectivity index (χ4v) is 1.52. The molecule has 62 valence electrons. The van der Waals surface area contributed by atoms with E-state index in [0.717, 1.165) is 31.1 Å². The third-order valence-electron chi connectivity index (χ3n) is 2.38. The van der Waals surface area contributed by atoms with Gasteiger partial charge in [-0.1, -0.05) is 12.8 Å². The third-order valence-corrected chi connectivity index (χ3v) is 2.38. The van der Waals surface area contributed by atoms with E-state index >= 15 is 0 Å². The van der Waals surface area contributed by atoms with E-state index in [-0.39, 0.29) is 6.04 Å². The highest BCUT2D eigenvalue weighted by molar-refractivity contribution is 5.06. The predicted octanol–water partition coefficient (Wildman–Crippen LogP) is 1.42. The Kier molecular flexibility index (Phi) is 1.86. The van der Waals surface area contributed by atoms with E-state index in [1.165, 1.54) is 12.8 Å². The van der Waals surface area contributed by atoms with Crippen molar-refractivity contribution in [3.8, 4) is 0 Å². The van der Waals surface area contributed by atoms with E-state index in [1.807, 2.05) is 0 Å². The zero-order valence-corrected chi connectivity index (χ0v) is 6.75. The molecular weight excluding hydrogens is 138 g/mol. The van der Waals surface area contributed by atoms with Crippen molar-refractivity contribution in [1.82, 2.24) is 0 Å². The molecule has 2 nitrogen and oxygen atoms in total. The van der Waals surface area contributed by atoms with E-state index in [4.69, 9.17) is 10.5 Å². The van der Waals surface area contributed by atoms with Gasteiger partial charge in [-0.25, -0.2) is 0 Å². The number of rotatable bonds is 3. The molecule has 1 aliphatic carbocycles. The van der Waals surface area contributed by atoms with Crippen molar-refractivity contribution in [2.24, 2.45) is 11.7 Å². The molecule has 0 spiro atoms. The first kappa shape index (κ1) is 7.17. The van der Waals surface area contributed by atoms with Gasteiger partial charge in [0.25, 0.3) is 0 Å². The summed E-state index contributed by atoms with van der Waals surface area (Å²) in [6, 6.07) is 0.185. The molecule has 1 atom stereocenters. The van der Waals surface area contributed by atoms with Crippen LogP contribution in [0.25, 0.3) is 0 Å². The molecule has 0 aromatic heterocycles. The summed E-state index contributed by atoms with van der Waals surface area (Å²) in [4.78, 5) is 0. The van der Waals surface area contributed by atoms with Gasteiger partial charge in [0.1, 0.15) is 5.76 Å². The Bertz CT molecular complexity index is 172.